The number of hydrogen-bond donors (Lipinski definition) is 2. The zero-order valence-electron chi connectivity index (χ0n) is 21.1. The van der Waals surface area contributed by atoms with E-state index in [-0.39, 0.29) is 29.2 Å². The number of rotatable bonds is 7. The molecule has 4 rings (SSSR count). The molecule has 0 unspecified atom stereocenters. The molecule has 1 aliphatic heterocycles. The van der Waals surface area contributed by atoms with Crippen LogP contribution in [-0.2, 0) is 19.1 Å². The molecule has 1 saturated heterocycles. The molecule has 1 fully saturated rings. The lowest BCUT2D eigenvalue weighted by atomic mass is 10.1. The Morgan fingerprint density at radius 2 is 1.68 bits per heavy atom. The third-order valence-electron chi connectivity index (χ3n) is 5.67. The maximum absolute atomic E-state index is 13.4. The van der Waals surface area contributed by atoms with Crippen LogP contribution in [0, 0.1) is 6.92 Å². The van der Waals surface area contributed by atoms with Gasteiger partial charge >= 0.3 is 12.0 Å². The van der Waals surface area contributed by atoms with Crippen molar-refractivity contribution in [2.24, 2.45) is 0 Å². The number of ether oxygens (including phenoxy) is 2. The number of halogens is 2. The fraction of sp³-hybridized carbons (Fsp3) is 0.107. The van der Waals surface area contributed by atoms with Crippen molar-refractivity contribution >= 4 is 79.0 Å². The molecule has 5 amide bonds. The number of barbiturate groups is 1. The van der Waals surface area contributed by atoms with E-state index in [0.717, 1.165) is 10.5 Å². The van der Waals surface area contributed by atoms with Crippen LogP contribution in [0.2, 0.25) is 0 Å². The summed E-state index contributed by atoms with van der Waals surface area (Å²) in [5, 5.41) is 4.88. The second-order valence-corrected chi connectivity index (χ2v) is 10.3. The van der Waals surface area contributed by atoms with E-state index in [1.54, 1.807) is 24.3 Å². The molecule has 0 saturated carbocycles. The standard InChI is InChI=1S/C28H21Br2N3O7/c1-15-3-7-19(8-4-15)31-23(34)14-40-24-17(11-18(29)13-22(24)30)12-21-25(35)32-28(38)33(26(21)36)20-9-5-16(6-10-20)27(37)39-2/h3-13H,14H2,1-2H3,(H,31,34)(H,32,35,38)/b21-12-. The molecular weight excluding hydrogens is 650 g/mol. The third kappa shape index (κ3) is 6.46. The van der Waals surface area contributed by atoms with Gasteiger partial charge in [0.2, 0.25) is 0 Å². The van der Waals surface area contributed by atoms with Crippen LogP contribution in [0.15, 0.2) is 75.2 Å². The Morgan fingerprint density at radius 1 is 1.00 bits per heavy atom. The molecule has 1 heterocycles. The van der Waals surface area contributed by atoms with Gasteiger partial charge in [0.05, 0.1) is 22.8 Å². The van der Waals surface area contributed by atoms with Crippen molar-refractivity contribution in [2.75, 3.05) is 23.9 Å². The predicted molar refractivity (Wildman–Crippen MR) is 154 cm³/mol. The number of methoxy groups -OCH3 is 1. The Bertz CT molecular complexity index is 1550. The number of nitrogens with one attached hydrogen (secondary N) is 2. The highest BCUT2D eigenvalue weighted by atomic mass is 79.9. The first-order valence-electron chi connectivity index (χ1n) is 11.7. The first-order chi connectivity index (χ1) is 19.1. The van der Waals surface area contributed by atoms with Gasteiger partial charge in [-0.2, -0.15) is 0 Å². The maximum atomic E-state index is 13.4. The van der Waals surface area contributed by atoms with Crippen LogP contribution in [0.4, 0.5) is 16.2 Å². The molecule has 0 spiro atoms. The third-order valence-corrected chi connectivity index (χ3v) is 6.72. The quantitative estimate of drug-likeness (QED) is 0.206. The summed E-state index contributed by atoms with van der Waals surface area (Å²) in [5.41, 5.74) is 1.94. The van der Waals surface area contributed by atoms with Crippen molar-refractivity contribution in [3.8, 4) is 5.75 Å². The molecule has 0 atom stereocenters. The van der Waals surface area contributed by atoms with Gasteiger partial charge in [-0.25, -0.2) is 14.5 Å². The summed E-state index contributed by atoms with van der Waals surface area (Å²) < 4.78 is 11.5. The van der Waals surface area contributed by atoms with Gasteiger partial charge in [-0.15, -0.1) is 0 Å². The van der Waals surface area contributed by atoms with Crippen molar-refractivity contribution in [3.05, 3.63) is 91.9 Å². The fourth-order valence-electron chi connectivity index (χ4n) is 3.72. The lowest BCUT2D eigenvalue weighted by Gasteiger charge is -2.26. The summed E-state index contributed by atoms with van der Waals surface area (Å²) in [7, 11) is 1.23. The van der Waals surface area contributed by atoms with Gasteiger partial charge in [-0.1, -0.05) is 33.6 Å². The minimum absolute atomic E-state index is 0.133. The van der Waals surface area contributed by atoms with E-state index in [2.05, 4.69) is 47.2 Å². The van der Waals surface area contributed by atoms with Crippen LogP contribution >= 0.6 is 31.9 Å². The van der Waals surface area contributed by atoms with Crippen molar-refractivity contribution in [1.82, 2.24) is 5.32 Å². The summed E-state index contributed by atoms with van der Waals surface area (Å²) in [6.45, 7) is 1.57. The molecule has 0 aromatic heterocycles. The van der Waals surface area contributed by atoms with E-state index in [1.165, 1.54) is 37.5 Å². The van der Waals surface area contributed by atoms with Gasteiger partial charge in [0.25, 0.3) is 17.7 Å². The van der Waals surface area contributed by atoms with Gasteiger partial charge in [0, 0.05) is 15.7 Å². The number of amides is 5. The van der Waals surface area contributed by atoms with Crippen molar-refractivity contribution in [3.63, 3.8) is 0 Å². The monoisotopic (exact) mass is 669 g/mol. The summed E-state index contributed by atoms with van der Waals surface area (Å²) in [4.78, 5) is 63.7. The Kier molecular flexibility index (Phi) is 8.80. The zero-order valence-corrected chi connectivity index (χ0v) is 24.3. The average Bonchev–Trinajstić information content (AvgIpc) is 2.91. The SMILES string of the molecule is COC(=O)c1ccc(N2C(=O)NC(=O)/C(=C/c3cc(Br)cc(Br)c3OCC(=O)Nc3ccc(C)cc3)C2=O)cc1. The lowest BCUT2D eigenvalue weighted by Crippen LogP contribution is -2.54. The lowest BCUT2D eigenvalue weighted by molar-refractivity contribution is -0.122. The van der Waals surface area contributed by atoms with E-state index >= 15 is 0 Å². The van der Waals surface area contributed by atoms with Crippen LogP contribution in [0.25, 0.3) is 6.08 Å². The Labute approximate surface area is 245 Å². The number of esters is 1. The van der Waals surface area contributed by atoms with E-state index in [1.807, 2.05) is 19.1 Å². The Morgan fingerprint density at radius 3 is 2.33 bits per heavy atom. The number of carbonyl (C=O) groups excluding carboxylic acids is 5. The van der Waals surface area contributed by atoms with E-state index < -0.39 is 29.7 Å². The number of benzene rings is 3. The highest BCUT2D eigenvalue weighted by molar-refractivity contribution is 9.11. The first-order valence-corrected chi connectivity index (χ1v) is 13.2. The minimum Gasteiger partial charge on any atom is -0.482 e. The van der Waals surface area contributed by atoms with Crippen LogP contribution < -0.4 is 20.3 Å². The molecule has 40 heavy (non-hydrogen) atoms. The maximum Gasteiger partial charge on any atom is 0.337 e. The topological polar surface area (TPSA) is 131 Å². The smallest absolute Gasteiger partial charge is 0.337 e. The Hall–Kier alpha value is -4.29. The number of hydrogen-bond acceptors (Lipinski definition) is 7. The second kappa shape index (κ2) is 12.3. The second-order valence-electron chi connectivity index (χ2n) is 8.51. The van der Waals surface area contributed by atoms with Gasteiger partial charge in [-0.3, -0.25) is 19.7 Å². The van der Waals surface area contributed by atoms with Crippen molar-refractivity contribution in [1.29, 1.82) is 0 Å². The zero-order chi connectivity index (χ0) is 29.0. The van der Waals surface area contributed by atoms with Crippen LogP contribution in [0.1, 0.15) is 21.5 Å². The number of anilines is 2. The summed E-state index contributed by atoms with van der Waals surface area (Å²) in [5.74, 6) is -2.61. The molecule has 3 aromatic rings. The molecule has 10 nitrogen and oxygen atoms in total. The fourth-order valence-corrected chi connectivity index (χ4v) is 5.10. The van der Waals surface area contributed by atoms with E-state index in [9.17, 15) is 24.0 Å². The van der Waals surface area contributed by atoms with Gasteiger partial charge in [-0.05, 0) is 77.5 Å². The number of nitrogens with zero attached hydrogens (tertiary/aromatic N) is 1. The number of aryl methyl sites for hydroxylation is 1. The van der Waals surface area contributed by atoms with Gasteiger partial charge in [0.15, 0.2) is 6.61 Å². The molecule has 1 aliphatic rings. The molecule has 0 radical (unpaired) electrons. The highest BCUT2D eigenvalue weighted by Crippen LogP contribution is 2.35. The molecule has 204 valence electrons. The molecule has 0 bridgehead atoms. The van der Waals surface area contributed by atoms with Crippen molar-refractivity contribution < 1.29 is 33.4 Å². The number of carbonyl (C=O) groups is 5. The van der Waals surface area contributed by atoms with E-state index in [4.69, 9.17) is 4.74 Å². The normalized spacial score (nSPS) is 14.2. The van der Waals surface area contributed by atoms with Crippen molar-refractivity contribution in [2.45, 2.75) is 6.92 Å². The summed E-state index contributed by atoms with van der Waals surface area (Å²) in [6.07, 6.45) is 1.27. The largest absolute Gasteiger partial charge is 0.482 e. The van der Waals surface area contributed by atoms with Gasteiger partial charge in [0.1, 0.15) is 11.3 Å². The number of urea groups is 1. The first kappa shape index (κ1) is 28.7. The van der Waals surface area contributed by atoms with Crippen LogP contribution in [0.3, 0.4) is 0 Å². The van der Waals surface area contributed by atoms with Crippen LogP contribution in [0.5, 0.6) is 5.75 Å². The van der Waals surface area contributed by atoms with E-state index in [0.29, 0.717) is 20.2 Å². The Balaban J connectivity index is 1.61. The predicted octanol–water partition coefficient (Wildman–Crippen LogP) is 4.99. The number of imide groups is 2. The molecule has 3 aromatic carbocycles. The molecule has 0 aliphatic carbocycles. The van der Waals surface area contributed by atoms with Crippen LogP contribution in [-0.4, -0.2) is 43.4 Å². The molecular formula is C28H21Br2N3O7. The summed E-state index contributed by atoms with van der Waals surface area (Å²) in [6, 6.07) is 15.1. The highest BCUT2D eigenvalue weighted by Gasteiger charge is 2.37. The van der Waals surface area contributed by atoms with Gasteiger partial charge < -0.3 is 14.8 Å². The summed E-state index contributed by atoms with van der Waals surface area (Å²) >= 11 is 6.77. The molecule has 12 heteroatoms. The molecule has 2 N–H and O–H groups in total. The minimum atomic E-state index is -0.947. The average molecular weight is 671 g/mol.